The summed E-state index contributed by atoms with van der Waals surface area (Å²) in [6, 6.07) is 0. The second-order valence-electron chi connectivity index (χ2n) is 1.06. The Hall–Kier alpha value is 3.81. The zero-order valence-corrected chi connectivity index (χ0v) is 6.92. The molecule has 0 amide bonds. The molecule has 0 unspecified atom stereocenters. The fourth-order valence-electron chi connectivity index (χ4n) is 0.139. The van der Waals surface area contributed by atoms with E-state index in [0.717, 1.165) is 0 Å². The molecular weight excluding hydrogens is 295 g/mol. The second-order valence-corrected chi connectivity index (χ2v) is 3.68. The standard InChI is InChI=1S/Ca.ClH.2Na.H4O7P2.4H/c;;;;1-8(2,3)7-9(4,5)6;;;;/h;1H;;;(H2,1,2,3)(H2,4,5,6);;;;. The van der Waals surface area contributed by atoms with Gasteiger partial charge in [0.25, 0.3) is 0 Å². The van der Waals surface area contributed by atoms with E-state index in [-0.39, 0.29) is 109 Å². The Balaban J connectivity index is -0.0000000533. The van der Waals surface area contributed by atoms with Gasteiger partial charge in [-0.15, -0.1) is 12.4 Å². The Kier molecular flexibility index (Phi) is 28.4. The molecule has 7 nitrogen and oxygen atoms in total. The van der Waals surface area contributed by atoms with Gasteiger partial charge in [-0.2, -0.15) is 4.31 Å². The summed E-state index contributed by atoms with van der Waals surface area (Å²) in [5, 5.41) is 0. The summed E-state index contributed by atoms with van der Waals surface area (Å²) in [6.07, 6.45) is 0. The Morgan fingerprint density at radius 1 is 0.846 bits per heavy atom. The minimum atomic E-state index is -5.05. The van der Waals surface area contributed by atoms with Crippen LogP contribution in [0.25, 0.3) is 0 Å². The van der Waals surface area contributed by atoms with Crippen LogP contribution in [0.15, 0.2) is 0 Å². The molecule has 0 rings (SSSR count). The van der Waals surface area contributed by atoms with Gasteiger partial charge in [0.1, 0.15) is 0 Å². The summed E-state index contributed by atoms with van der Waals surface area (Å²) in [7, 11) is -10.1. The molecule has 0 bridgehead atoms. The van der Waals surface area contributed by atoms with Crippen molar-refractivity contribution in [2.24, 2.45) is 0 Å². The van der Waals surface area contributed by atoms with Gasteiger partial charge in [-0.25, -0.2) is 9.13 Å². The van der Waals surface area contributed by atoms with Crippen LogP contribution >= 0.6 is 28.1 Å². The first-order valence-electron chi connectivity index (χ1n) is 1.53. The van der Waals surface area contributed by atoms with Crippen LogP contribution in [0.5, 0.6) is 0 Å². The molecule has 13 heavy (non-hydrogen) atoms. The van der Waals surface area contributed by atoms with Gasteiger partial charge in [0.2, 0.25) is 0 Å². The molecule has 0 fully saturated rings. The third-order valence-corrected chi connectivity index (χ3v) is 1.91. The summed E-state index contributed by atoms with van der Waals surface area (Å²) in [5.41, 5.74) is 0. The van der Waals surface area contributed by atoms with Crippen LogP contribution in [0.3, 0.4) is 0 Å². The zero-order chi connectivity index (χ0) is 7.71. The molecule has 0 heterocycles. The molecule has 0 aliphatic heterocycles. The van der Waals surface area contributed by atoms with E-state index in [1.807, 2.05) is 0 Å². The van der Waals surface area contributed by atoms with Gasteiger partial charge >= 0.3 is 112 Å². The molecular formula is H9CaClNa2O7P2. The number of rotatable bonds is 2. The van der Waals surface area contributed by atoms with Crippen molar-refractivity contribution in [3.8, 4) is 0 Å². The maximum atomic E-state index is 9.63. The Bertz CT molecular complexity index is 165. The van der Waals surface area contributed by atoms with Crippen LogP contribution in [-0.2, 0) is 13.4 Å². The van der Waals surface area contributed by atoms with E-state index in [0.29, 0.717) is 0 Å². The molecule has 0 saturated heterocycles. The van der Waals surface area contributed by atoms with Gasteiger partial charge in [0.05, 0.1) is 0 Å². The van der Waals surface area contributed by atoms with E-state index < -0.39 is 15.6 Å². The van der Waals surface area contributed by atoms with Crippen LogP contribution in [0.4, 0.5) is 0 Å². The Morgan fingerprint density at radius 2 is 1.00 bits per heavy atom. The third-order valence-electron chi connectivity index (χ3n) is 0.213. The van der Waals surface area contributed by atoms with Crippen molar-refractivity contribution in [3.63, 3.8) is 0 Å². The fraction of sp³-hybridized carbons (Fsp3) is 0. The van der Waals surface area contributed by atoms with E-state index in [4.69, 9.17) is 19.6 Å². The van der Waals surface area contributed by atoms with E-state index in [1.165, 1.54) is 0 Å². The molecule has 0 aliphatic carbocycles. The first kappa shape index (κ1) is 30.1. The number of halogens is 1. The molecule has 0 aromatic carbocycles. The molecule has 0 radical (unpaired) electrons. The van der Waals surface area contributed by atoms with Crippen molar-refractivity contribution >= 4 is 125 Å². The first-order chi connectivity index (χ1) is 3.71. The zero-order valence-electron chi connectivity index (χ0n) is 4.32. The van der Waals surface area contributed by atoms with Crippen molar-refractivity contribution in [1.82, 2.24) is 0 Å². The normalized spacial score (nSPS) is 9.54. The number of hydrogen-bond acceptors (Lipinski definition) is 3. The molecule has 0 saturated carbocycles. The van der Waals surface area contributed by atoms with Crippen molar-refractivity contribution in [2.45, 2.75) is 0 Å². The van der Waals surface area contributed by atoms with Crippen LogP contribution in [0.1, 0.15) is 0 Å². The van der Waals surface area contributed by atoms with Crippen molar-refractivity contribution < 1.29 is 33.0 Å². The summed E-state index contributed by atoms with van der Waals surface area (Å²) < 4.78 is 22.2. The summed E-state index contributed by atoms with van der Waals surface area (Å²) in [6.45, 7) is 0. The molecule has 0 atom stereocenters. The van der Waals surface area contributed by atoms with Crippen LogP contribution in [-0.4, -0.2) is 116 Å². The van der Waals surface area contributed by atoms with Gasteiger partial charge < -0.3 is 19.6 Å². The average Bonchev–Trinajstić information content (AvgIpc) is 1.14. The van der Waals surface area contributed by atoms with Crippen molar-refractivity contribution in [3.05, 3.63) is 0 Å². The Labute approximate surface area is 155 Å². The van der Waals surface area contributed by atoms with Gasteiger partial charge in [-0.3, -0.25) is 0 Å². The molecule has 0 aromatic heterocycles. The minimum absolute atomic E-state index is 0. The van der Waals surface area contributed by atoms with E-state index >= 15 is 0 Å². The quantitative estimate of drug-likeness (QED) is 0.326. The summed E-state index contributed by atoms with van der Waals surface area (Å²) in [4.78, 5) is 31.0. The van der Waals surface area contributed by atoms with Gasteiger partial charge in [-0.1, -0.05) is 0 Å². The first-order valence-corrected chi connectivity index (χ1v) is 4.59. The number of hydrogen-bond donors (Lipinski definition) is 4. The van der Waals surface area contributed by atoms with E-state index in [1.54, 1.807) is 0 Å². The fourth-order valence-corrected chi connectivity index (χ4v) is 1.25. The van der Waals surface area contributed by atoms with E-state index in [9.17, 15) is 9.13 Å². The van der Waals surface area contributed by atoms with Gasteiger partial charge in [0, 0.05) is 0 Å². The number of phosphoric acid groups is 2. The van der Waals surface area contributed by atoms with Crippen LogP contribution in [0.2, 0.25) is 0 Å². The maximum absolute atomic E-state index is 9.63. The molecule has 4 N–H and O–H groups in total. The average molecular weight is 305 g/mol. The Morgan fingerprint density at radius 3 is 1.00 bits per heavy atom. The summed E-state index contributed by atoms with van der Waals surface area (Å²) >= 11 is 0. The molecule has 0 spiro atoms. The molecule has 0 aliphatic rings. The molecule has 13 heteroatoms. The van der Waals surface area contributed by atoms with Crippen LogP contribution < -0.4 is 0 Å². The van der Waals surface area contributed by atoms with Crippen molar-refractivity contribution in [2.75, 3.05) is 0 Å². The predicted molar refractivity (Wildman–Crippen MR) is 55.3 cm³/mol. The second kappa shape index (κ2) is 12.3. The SMILES string of the molecule is Cl.O=P(O)(O)OP(=O)(O)O.[CaH2].[NaH].[NaH]. The molecule has 72 valence electrons. The summed E-state index contributed by atoms with van der Waals surface area (Å²) in [5.74, 6) is 0. The topological polar surface area (TPSA) is 124 Å². The monoisotopic (exact) mass is 304 g/mol. The predicted octanol–water partition coefficient (Wildman–Crippen LogP) is -2.60. The van der Waals surface area contributed by atoms with E-state index in [2.05, 4.69) is 4.31 Å². The van der Waals surface area contributed by atoms with Crippen LogP contribution in [0, 0.1) is 0 Å². The third kappa shape index (κ3) is 31.3. The van der Waals surface area contributed by atoms with Crippen molar-refractivity contribution in [1.29, 1.82) is 0 Å². The van der Waals surface area contributed by atoms with Gasteiger partial charge in [0.15, 0.2) is 0 Å². The molecule has 0 aromatic rings. The van der Waals surface area contributed by atoms with Gasteiger partial charge in [-0.05, 0) is 0 Å².